The molecule has 0 saturated heterocycles. The van der Waals surface area contributed by atoms with Crippen LogP contribution in [0.3, 0.4) is 0 Å². The first kappa shape index (κ1) is 12.3. The Bertz CT molecular complexity index is 445. The molecule has 0 atom stereocenters. The number of hydrogen-bond donors (Lipinski definition) is 0. The van der Waals surface area contributed by atoms with Crippen LogP contribution in [0.5, 0.6) is 0 Å². The molecule has 0 fully saturated rings. The first-order valence-electron chi connectivity index (χ1n) is 5.45. The van der Waals surface area contributed by atoms with Crippen LogP contribution in [-0.2, 0) is 0 Å². The molecule has 1 aromatic rings. The van der Waals surface area contributed by atoms with Gasteiger partial charge in [0.15, 0.2) is 0 Å². The molecule has 16 heavy (non-hydrogen) atoms. The highest BCUT2D eigenvalue weighted by Crippen LogP contribution is 2.24. The molecule has 82 valence electrons. The van der Waals surface area contributed by atoms with Crippen molar-refractivity contribution < 1.29 is 0 Å². The van der Waals surface area contributed by atoms with Crippen molar-refractivity contribution in [2.24, 2.45) is 0 Å². The summed E-state index contributed by atoms with van der Waals surface area (Å²) in [6.45, 7) is 11.8. The first-order chi connectivity index (χ1) is 7.78. The Morgan fingerprint density at radius 2 is 1.44 bits per heavy atom. The van der Waals surface area contributed by atoms with Crippen LogP contribution in [0.1, 0.15) is 36.1 Å². The number of hydrogen-bond acceptors (Lipinski definition) is 0. The van der Waals surface area contributed by atoms with Gasteiger partial charge in [0, 0.05) is 0 Å². The van der Waals surface area contributed by atoms with Crippen LogP contribution in [0.15, 0.2) is 37.4 Å². The molecule has 0 radical (unpaired) electrons. The molecule has 0 saturated carbocycles. The van der Waals surface area contributed by atoms with Crippen molar-refractivity contribution in [2.45, 2.75) is 13.8 Å². The van der Waals surface area contributed by atoms with Crippen LogP contribution in [0.25, 0.3) is 24.3 Å². The highest BCUT2D eigenvalue weighted by molar-refractivity contribution is 5.78. The monoisotopic (exact) mass is 210 g/mol. The van der Waals surface area contributed by atoms with Crippen LogP contribution in [0, 0.1) is 0 Å². The lowest BCUT2D eigenvalue weighted by molar-refractivity contribution is 1.53. The lowest BCUT2D eigenvalue weighted by atomic mass is 9.95. The molecule has 0 heteroatoms. The Labute approximate surface area is 98.3 Å². The zero-order valence-corrected chi connectivity index (χ0v) is 10.0. The van der Waals surface area contributed by atoms with Crippen molar-refractivity contribution in [3.8, 4) is 0 Å². The minimum absolute atomic E-state index is 1.14. The van der Waals surface area contributed by atoms with Gasteiger partial charge in [-0.2, -0.15) is 0 Å². The maximum absolute atomic E-state index is 3.89. The predicted octanol–water partition coefficient (Wildman–Crippen LogP) is 5.04. The van der Waals surface area contributed by atoms with Gasteiger partial charge in [0.2, 0.25) is 0 Å². The van der Waals surface area contributed by atoms with Gasteiger partial charge in [-0.05, 0) is 36.1 Å². The van der Waals surface area contributed by atoms with Crippen LogP contribution < -0.4 is 0 Å². The topological polar surface area (TPSA) is 0 Å². The van der Waals surface area contributed by atoms with Crippen molar-refractivity contribution >= 4 is 24.3 Å². The van der Waals surface area contributed by atoms with Crippen LogP contribution in [0.2, 0.25) is 0 Å². The van der Waals surface area contributed by atoms with Gasteiger partial charge in [-0.3, -0.25) is 0 Å². The number of rotatable bonds is 4. The van der Waals surface area contributed by atoms with E-state index in [1.165, 1.54) is 11.1 Å². The third-order valence-electron chi connectivity index (χ3n) is 2.46. The summed E-state index contributed by atoms with van der Waals surface area (Å²) in [4.78, 5) is 0. The Balaban J connectivity index is 3.54. The third kappa shape index (κ3) is 2.40. The Kier molecular flexibility index (Phi) is 4.53. The molecule has 0 aromatic heterocycles. The summed E-state index contributed by atoms with van der Waals surface area (Å²) in [6.07, 6.45) is 12.0. The molecule has 0 nitrogen and oxygen atoms in total. The van der Waals surface area contributed by atoms with Crippen molar-refractivity contribution in [2.75, 3.05) is 0 Å². The maximum Gasteiger partial charge on any atom is -0.0109 e. The summed E-state index contributed by atoms with van der Waals surface area (Å²) in [5.41, 5.74) is 4.68. The van der Waals surface area contributed by atoms with E-state index in [0.29, 0.717) is 0 Å². The standard InChI is InChI=1S/C16H18/c1-5-9-14-12-11-13(7-3)16(10-6-2)15(14)8-4/h5-12H,3-4H2,1-2H3/b9-5-,10-6-. The molecule has 0 spiro atoms. The van der Waals surface area contributed by atoms with Gasteiger partial charge in [0.25, 0.3) is 0 Å². The minimum Gasteiger partial charge on any atom is -0.0984 e. The van der Waals surface area contributed by atoms with E-state index in [4.69, 9.17) is 0 Å². The quantitative estimate of drug-likeness (QED) is 0.653. The fourth-order valence-electron chi connectivity index (χ4n) is 1.75. The van der Waals surface area contributed by atoms with E-state index in [9.17, 15) is 0 Å². The van der Waals surface area contributed by atoms with Gasteiger partial charge < -0.3 is 0 Å². The van der Waals surface area contributed by atoms with Crippen molar-refractivity contribution in [3.05, 3.63) is 59.7 Å². The van der Waals surface area contributed by atoms with Crippen LogP contribution in [-0.4, -0.2) is 0 Å². The van der Waals surface area contributed by atoms with E-state index in [1.807, 2.05) is 38.2 Å². The van der Waals surface area contributed by atoms with Gasteiger partial charge >= 0.3 is 0 Å². The van der Waals surface area contributed by atoms with Gasteiger partial charge in [-0.1, -0.05) is 61.7 Å². The molecule has 0 unspecified atom stereocenters. The molecular weight excluding hydrogens is 192 g/mol. The van der Waals surface area contributed by atoms with E-state index in [2.05, 4.69) is 37.4 Å². The summed E-state index contributed by atoms with van der Waals surface area (Å²) < 4.78 is 0. The fraction of sp³-hybridized carbons (Fsp3) is 0.125. The Morgan fingerprint density at radius 1 is 0.812 bits per heavy atom. The van der Waals surface area contributed by atoms with E-state index in [-0.39, 0.29) is 0 Å². The molecule has 0 aliphatic rings. The molecule has 1 rings (SSSR count). The molecule has 0 heterocycles. The van der Waals surface area contributed by atoms with Gasteiger partial charge in [0.05, 0.1) is 0 Å². The lowest BCUT2D eigenvalue weighted by Gasteiger charge is -2.09. The van der Waals surface area contributed by atoms with Crippen LogP contribution in [0.4, 0.5) is 0 Å². The highest BCUT2D eigenvalue weighted by Gasteiger charge is 2.04. The van der Waals surface area contributed by atoms with Gasteiger partial charge in [0.1, 0.15) is 0 Å². The van der Waals surface area contributed by atoms with E-state index >= 15 is 0 Å². The van der Waals surface area contributed by atoms with Gasteiger partial charge in [-0.15, -0.1) is 0 Å². The lowest BCUT2D eigenvalue weighted by Crippen LogP contribution is -1.90. The average molecular weight is 210 g/mol. The van der Waals surface area contributed by atoms with Crippen molar-refractivity contribution in [1.82, 2.24) is 0 Å². The van der Waals surface area contributed by atoms with Crippen molar-refractivity contribution in [3.63, 3.8) is 0 Å². The number of benzene rings is 1. The first-order valence-corrected chi connectivity index (χ1v) is 5.45. The summed E-state index contributed by atoms with van der Waals surface area (Å²) in [6, 6.07) is 4.19. The predicted molar refractivity (Wildman–Crippen MR) is 76.0 cm³/mol. The van der Waals surface area contributed by atoms with E-state index in [0.717, 1.165) is 11.1 Å². The normalized spacial score (nSPS) is 11.1. The highest BCUT2D eigenvalue weighted by atomic mass is 14.1. The molecule has 0 amide bonds. The molecular formula is C16H18. The fourth-order valence-corrected chi connectivity index (χ4v) is 1.75. The Morgan fingerprint density at radius 3 is 1.94 bits per heavy atom. The second kappa shape index (κ2) is 5.92. The largest absolute Gasteiger partial charge is 0.0984 e. The number of allylic oxidation sites excluding steroid dienone is 2. The third-order valence-corrected chi connectivity index (χ3v) is 2.46. The zero-order chi connectivity index (χ0) is 12.0. The summed E-state index contributed by atoms with van der Waals surface area (Å²) in [7, 11) is 0. The minimum atomic E-state index is 1.14. The molecule has 0 aliphatic heterocycles. The summed E-state index contributed by atoms with van der Waals surface area (Å²) in [5.74, 6) is 0. The summed E-state index contributed by atoms with van der Waals surface area (Å²) >= 11 is 0. The second-order valence-corrected chi connectivity index (χ2v) is 3.48. The van der Waals surface area contributed by atoms with Crippen LogP contribution >= 0.6 is 0 Å². The molecule has 0 bridgehead atoms. The smallest absolute Gasteiger partial charge is 0.0109 e. The SMILES string of the molecule is C=Cc1ccc(/C=C\C)c(C=C)c1/C=C\C. The van der Waals surface area contributed by atoms with Crippen molar-refractivity contribution in [1.29, 1.82) is 0 Å². The van der Waals surface area contributed by atoms with Gasteiger partial charge in [-0.25, -0.2) is 0 Å². The molecule has 0 aliphatic carbocycles. The zero-order valence-electron chi connectivity index (χ0n) is 10.0. The summed E-state index contributed by atoms with van der Waals surface area (Å²) in [5, 5.41) is 0. The average Bonchev–Trinajstić information content (AvgIpc) is 2.30. The Hall–Kier alpha value is -1.82. The maximum atomic E-state index is 3.89. The van der Waals surface area contributed by atoms with E-state index < -0.39 is 0 Å². The molecule has 1 aromatic carbocycles. The van der Waals surface area contributed by atoms with E-state index in [1.54, 1.807) is 0 Å². The molecule has 0 N–H and O–H groups in total. The second-order valence-electron chi connectivity index (χ2n) is 3.48.